The maximum Gasteiger partial charge on any atom is 0.316 e. The number of nitro groups is 1. The predicted octanol–water partition coefficient (Wildman–Crippen LogP) is 0.132. The highest BCUT2D eigenvalue weighted by Gasteiger charge is 2.43. The third kappa shape index (κ3) is 2.53. The van der Waals surface area contributed by atoms with E-state index in [1.165, 1.54) is 6.08 Å². The van der Waals surface area contributed by atoms with Crippen LogP contribution in [0, 0.1) is 16.0 Å². The van der Waals surface area contributed by atoms with Crippen molar-refractivity contribution in [2.24, 2.45) is 5.92 Å². The minimum Gasteiger partial charge on any atom is -0.466 e. The van der Waals surface area contributed by atoms with E-state index in [-0.39, 0.29) is 13.0 Å². The number of esters is 1. The van der Waals surface area contributed by atoms with Crippen LogP contribution >= 0.6 is 0 Å². The van der Waals surface area contributed by atoms with Crippen molar-refractivity contribution in [2.45, 2.75) is 25.5 Å². The van der Waals surface area contributed by atoms with E-state index in [9.17, 15) is 20.0 Å². The molecule has 6 nitrogen and oxygen atoms in total. The minimum absolute atomic E-state index is 0.180. The molecular weight excluding hydrogens is 202 g/mol. The SMILES string of the molecule is CCOC(=O)[C@H]1CC=C[C@H](O)[C@@H]1[N+](=O)[O-]. The van der Waals surface area contributed by atoms with E-state index in [4.69, 9.17) is 4.74 Å². The highest BCUT2D eigenvalue weighted by atomic mass is 16.6. The van der Waals surface area contributed by atoms with Gasteiger partial charge in [-0.3, -0.25) is 14.9 Å². The molecule has 0 unspecified atom stereocenters. The fraction of sp³-hybridized carbons (Fsp3) is 0.667. The molecule has 0 bridgehead atoms. The van der Waals surface area contributed by atoms with Gasteiger partial charge in [-0.05, 0) is 13.3 Å². The van der Waals surface area contributed by atoms with Crippen molar-refractivity contribution in [1.82, 2.24) is 0 Å². The van der Waals surface area contributed by atoms with Crippen LogP contribution in [0.5, 0.6) is 0 Å². The van der Waals surface area contributed by atoms with Gasteiger partial charge in [-0.15, -0.1) is 0 Å². The lowest BCUT2D eigenvalue weighted by atomic mass is 9.87. The standard InChI is InChI=1S/C9H13NO5/c1-2-15-9(12)6-4-3-5-7(11)8(6)10(13)14/h3,5-8,11H,2,4H2,1H3/t6-,7-,8+/m0/s1. The first-order valence-electron chi connectivity index (χ1n) is 4.72. The molecule has 0 heterocycles. The van der Waals surface area contributed by atoms with E-state index >= 15 is 0 Å². The van der Waals surface area contributed by atoms with Crippen LogP contribution in [0.15, 0.2) is 12.2 Å². The van der Waals surface area contributed by atoms with Gasteiger partial charge in [-0.25, -0.2) is 0 Å². The summed E-state index contributed by atoms with van der Waals surface area (Å²) in [4.78, 5) is 21.4. The molecular formula is C9H13NO5. The summed E-state index contributed by atoms with van der Waals surface area (Å²) < 4.78 is 4.72. The largest absolute Gasteiger partial charge is 0.466 e. The smallest absolute Gasteiger partial charge is 0.316 e. The second-order valence-electron chi connectivity index (χ2n) is 3.29. The molecule has 1 aliphatic carbocycles. The molecule has 0 radical (unpaired) electrons. The number of allylic oxidation sites excluding steroid dienone is 1. The van der Waals surface area contributed by atoms with Gasteiger partial charge in [0, 0.05) is 4.92 Å². The van der Waals surface area contributed by atoms with Gasteiger partial charge < -0.3 is 9.84 Å². The fourth-order valence-electron chi connectivity index (χ4n) is 1.61. The lowest BCUT2D eigenvalue weighted by Gasteiger charge is -2.23. The third-order valence-electron chi connectivity index (χ3n) is 2.32. The van der Waals surface area contributed by atoms with Crippen LogP contribution in [0.25, 0.3) is 0 Å². The average molecular weight is 215 g/mol. The molecule has 84 valence electrons. The number of hydrogen-bond acceptors (Lipinski definition) is 5. The Morgan fingerprint density at radius 3 is 2.93 bits per heavy atom. The van der Waals surface area contributed by atoms with Crippen molar-refractivity contribution < 1.29 is 19.6 Å². The van der Waals surface area contributed by atoms with E-state index in [1.807, 2.05) is 0 Å². The Morgan fingerprint density at radius 2 is 2.40 bits per heavy atom. The lowest BCUT2D eigenvalue weighted by Crippen LogP contribution is -2.45. The monoisotopic (exact) mass is 215 g/mol. The first kappa shape index (κ1) is 11.6. The number of nitrogens with zero attached hydrogens (tertiary/aromatic N) is 1. The molecule has 1 N–H and O–H groups in total. The van der Waals surface area contributed by atoms with Crippen LogP contribution in [-0.2, 0) is 9.53 Å². The molecule has 0 aromatic heterocycles. The Bertz CT molecular complexity index is 288. The normalized spacial score (nSPS) is 29.9. The average Bonchev–Trinajstić information content (AvgIpc) is 2.17. The third-order valence-corrected chi connectivity index (χ3v) is 2.32. The van der Waals surface area contributed by atoms with Gasteiger partial charge in [-0.2, -0.15) is 0 Å². The molecule has 0 aromatic rings. The van der Waals surface area contributed by atoms with Crippen molar-refractivity contribution in [3.8, 4) is 0 Å². The summed E-state index contributed by atoms with van der Waals surface area (Å²) in [5.74, 6) is -1.51. The highest BCUT2D eigenvalue weighted by Crippen LogP contribution is 2.23. The number of rotatable bonds is 3. The number of aliphatic hydroxyl groups excluding tert-OH is 1. The van der Waals surface area contributed by atoms with Crippen molar-refractivity contribution in [3.63, 3.8) is 0 Å². The zero-order chi connectivity index (χ0) is 11.4. The minimum atomic E-state index is -1.30. The maximum absolute atomic E-state index is 11.4. The highest BCUT2D eigenvalue weighted by molar-refractivity contribution is 5.73. The van der Waals surface area contributed by atoms with Crippen LogP contribution in [0.2, 0.25) is 0 Å². The van der Waals surface area contributed by atoms with Crippen molar-refractivity contribution in [1.29, 1.82) is 0 Å². The number of carbonyl (C=O) groups is 1. The van der Waals surface area contributed by atoms with E-state index in [2.05, 4.69) is 0 Å². The summed E-state index contributed by atoms with van der Waals surface area (Å²) in [6.45, 7) is 1.81. The second kappa shape index (κ2) is 4.88. The van der Waals surface area contributed by atoms with Crippen LogP contribution in [0.4, 0.5) is 0 Å². The van der Waals surface area contributed by atoms with Gasteiger partial charge in [-0.1, -0.05) is 12.2 Å². The first-order valence-corrected chi connectivity index (χ1v) is 4.72. The molecule has 0 spiro atoms. The predicted molar refractivity (Wildman–Crippen MR) is 50.7 cm³/mol. The summed E-state index contributed by atoms with van der Waals surface area (Å²) in [5, 5.41) is 20.1. The summed E-state index contributed by atoms with van der Waals surface area (Å²) in [5.41, 5.74) is 0. The molecule has 15 heavy (non-hydrogen) atoms. The molecule has 0 saturated carbocycles. The van der Waals surface area contributed by atoms with Crippen LogP contribution in [-0.4, -0.2) is 34.8 Å². The van der Waals surface area contributed by atoms with Crippen LogP contribution in [0.1, 0.15) is 13.3 Å². The van der Waals surface area contributed by atoms with Gasteiger partial charge in [0.05, 0.1) is 6.61 Å². The van der Waals surface area contributed by atoms with Crippen molar-refractivity contribution in [2.75, 3.05) is 6.61 Å². The van der Waals surface area contributed by atoms with Crippen LogP contribution < -0.4 is 0 Å². The number of aliphatic hydroxyl groups is 1. The van der Waals surface area contributed by atoms with Gasteiger partial charge in [0.1, 0.15) is 12.0 Å². The van der Waals surface area contributed by atoms with Gasteiger partial charge >= 0.3 is 5.97 Å². The first-order chi connectivity index (χ1) is 7.07. The Morgan fingerprint density at radius 1 is 1.73 bits per heavy atom. The van der Waals surface area contributed by atoms with Gasteiger partial charge in [0.15, 0.2) is 0 Å². The van der Waals surface area contributed by atoms with Crippen molar-refractivity contribution >= 4 is 5.97 Å². The molecule has 0 aromatic carbocycles. The molecule has 1 rings (SSSR count). The maximum atomic E-state index is 11.4. The Balaban J connectivity index is 2.81. The van der Waals surface area contributed by atoms with E-state index in [0.29, 0.717) is 0 Å². The molecule has 0 amide bonds. The molecule has 0 aliphatic heterocycles. The van der Waals surface area contributed by atoms with E-state index in [0.717, 1.165) is 0 Å². The molecule has 6 heteroatoms. The van der Waals surface area contributed by atoms with Gasteiger partial charge in [0.25, 0.3) is 6.04 Å². The zero-order valence-corrected chi connectivity index (χ0v) is 8.33. The molecule has 1 aliphatic rings. The van der Waals surface area contributed by atoms with E-state index in [1.54, 1.807) is 13.0 Å². The Labute approximate surface area is 86.7 Å². The zero-order valence-electron chi connectivity index (χ0n) is 8.33. The molecule has 0 fully saturated rings. The second-order valence-corrected chi connectivity index (χ2v) is 3.29. The number of hydrogen-bond donors (Lipinski definition) is 1. The topological polar surface area (TPSA) is 89.7 Å². The van der Waals surface area contributed by atoms with E-state index < -0.39 is 29.0 Å². The summed E-state index contributed by atoms with van der Waals surface area (Å²) in [6, 6.07) is -1.30. The summed E-state index contributed by atoms with van der Waals surface area (Å²) in [6.07, 6.45) is 1.92. The summed E-state index contributed by atoms with van der Waals surface area (Å²) in [7, 11) is 0. The Hall–Kier alpha value is -1.43. The summed E-state index contributed by atoms with van der Waals surface area (Å²) >= 11 is 0. The number of ether oxygens (including phenoxy) is 1. The Kier molecular flexibility index (Phi) is 3.79. The molecule has 3 atom stereocenters. The fourth-order valence-corrected chi connectivity index (χ4v) is 1.61. The number of carbonyl (C=O) groups excluding carboxylic acids is 1. The molecule has 0 saturated heterocycles. The lowest BCUT2D eigenvalue weighted by molar-refractivity contribution is -0.539. The quantitative estimate of drug-likeness (QED) is 0.313. The van der Waals surface area contributed by atoms with Gasteiger partial charge in [0.2, 0.25) is 0 Å². The van der Waals surface area contributed by atoms with Crippen molar-refractivity contribution in [3.05, 3.63) is 22.3 Å². The van der Waals surface area contributed by atoms with Crippen LogP contribution in [0.3, 0.4) is 0 Å².